The molecular weight excluding hydrogens is 336 g/mol. The largest absolute Gasteiger partial charge is 0.324 e. The van der Waals surface area contributed by atoms with Crippen molar-refractivity contribution in [1.29, 1.82) is 0 Å². The molecule has 2 aromatic rings. The maximum absolute atomic E-state index is 12.4. The van der Waals surface area contributed by atoms with E-state index in [9.17, 15) is 4.79 Å². The molecule has 2 amide bonds. The summed E-state index contributed by atoms with van der Waals surface area (Å²) in [5, 5.41) is 10.2. The lowest BCUT2D eigenvalue weighted by molar-refractivity contribution is 0.156. The van der Waals surface area contributed by atoms with E-state index >= 15 is 0 Å². The SMILES string of the molecule is CN(Cc1nccs1)C1CC12CCN(C(=O)Nc1ccnn1C)CC2. The van der Waals surface area contributed by atoms with Crippen LogP contribution in [0.15, 0.2) is 23.8 Å². The predicted molar refractivity (Wildman–Crippen MR) is 97.5 cm³/mol. The van der Waals surface area contributed by atoms with Crippen molar-refractivity contribution < 1.29 is 4.79 Å². The molecule has 0 radical (unpaired) electrons. The first kappa shape index (κ1) is 16.5. The summed E-state index contributed by atoms with van der Waals surface area (Å²) >= 11 is 1.72. The van der Waals surface area contributed by atoms with Crippen LogP contribution in [0, 0.1) is 5.41 Å². The van der Waals surface area contributed by atoms with E-state index in [0.29, 0.717) is 11.5 Å². The Morgan fingerprint density at radius 3 is 2.88 bits per heavy atom. The lowest BCUT2D eigenvalue weighted by atomic mass is 9.92. The van der Waals surface area contributed by atoms with Crippen LogP contribution in [0.4, 0.5) is 10.6 Å². The topological polar surface area (TPSA) is 66.3 Å². The van der Waals surface area contributed by atoms with Crippen molar-refractivity contribution in [3.8, 4) is 0 Å². The molecule has 3 heterocycles. The average molecular weight is 360 g/mol. The van der Waals surface area contributed by atoms with E-state index in [1.165, 1.54) is 11.4 Å². The molecule has 25 heavy (non-hydrogen) atoms. The summed E-state index contributed by atoms with van der Waals surface area (Å²) in [7, 11) is 4.02. The van der Waals surface area contributed by atoms with Gasteiger partial charge in [-0.1, -0.05) is 0 Å². The highest BCUT2D eigenvalue weighted by Crippen LogP contribution is 2.56. The van der Waals surface area contributed by atoms with Crippen LogP contribution >= 0.6 is 11.3 Å². The summed E-state index contributed by atoms with van der Waals surface area (Å²) in [5.41, 5.74) is 0.398. The lowest BCUT2D eigenvalue weighted by Crippen LogP contribution is -2.43. The highest BCUT2D eigenvalue weighted by molar-refractivity contribution is 7.09. The predicted octanol–water partition coefficient (Wildman–Crippen LogP) is 2.40. The van der Waals surface area contributed by atoms with Gasteiger partial charge in [-0.3, -0.25) is 14.9 Å². The smallest absolute Gasteiger partial charge is 0.322 e. The zero-order valence-corrected chi connectivity index (χ0v) is 15.5. The molecule has 1 aliphatic carbocycles. The number of amides is 2. The summed E-state index contributed by atoms with van der Waals surface area (Å²) in [4.78, 5) is 21.2. The number of hydrogen-bond donors (Lipinski definition) is 1. The first-order valence-electron chi connectivity index (χ1n) is 8.70. The van der Waals surface area contributed by atoms with Gasteiger partial charge in [0, 0.05) is 43.8 Å². The quantitative estimate of drug-likeness (QED) is 0.909. The molecule has 1 aliphatic heterocycles. The van der Waals surface area contributed by atoms with Crippen LogP contribution in [-0.2, 0) is 13.6 Å². The Hall–Kier alpha value is -1.93. The molecule has 7 nitrogen and oxygen atoms in total. The third-order valence-electron chi connectivity index (χ3n) is 5.65. The van der Waals surface area contributed by atoms with Gasteiger partial charge in [-0.2, -0.15) is 5.10 Å². The number of rotatable bonds is 4. The number of hydrogen-bond acceptors (Lipinski definition) is 5. The fraction of sp³-hybridized carbons (Fsp3) is 0.588. The molecule has 1 unspecified atom stereocenters. The minimum atomic E-state index is -0.0215. The van der Waals surface area contributed by atoms with Gasteiger partial charge in [-0.25, -0.2) is 9.78 Å². The van der Waals surface area contributed by atoms with Gasteiger partial charge in [0.1, 0.15) is 10.8 Å². The van der Waals surface area contributed by atoms with Gasteiger partial charge < -0.3 is 4.90 Å². The van der Waals surface area contributed by atoms with Crippen LogP contribution in [0.5, 0.6) is 0 Å². The third-order valence-corrected chi connectivity index (χ3v) is 6.41. The molecule has 1 N–H and O–H groups in total. The molecule has 2 fully saturated rings. The molecular formula is C17H24N6OS. The number of anilines is 1. The van der Waals surface area contributed by atoms with Crippen molar-refractivity contribution in [1.82, 2.24) is 24.6 Å². The zero-order valence-electron chi connectivity index (χ0n) is 14.7. The second-order valence-corrected chi connectivity index (χ2v) is 8.16. The van der Waals surface area contributed by atoms with Gasteiger partial charge in [0.2, 0.25) is 0 Å². The van der Waals surface area contributed by atoms with Crippen molar-refractivity contribution in [2.75, 3.05) is 25.5 Å². The maximum Gasteiger partial charge on any atom is 0.322 e. The molecule has 1 saturated heterocycles. The fourth-order valence-electron chi connectivity index (χ4n) is 3.98. The molecule has 1 atom stereocenters. The van der Waals surface area contributed by atoms with Gasteiger partial charge in [-0.15, -0.1) is 11.3 Å². The van der Waals surface area contributed by atoms with Crippen molar-refractivity contribution in [3.63, 3.8) is 0 Å². The van der Waals surface area contributed by atoms with Crippen LogP contribution in [0.1, 0.15) is 24.3 Å². The van der Waals surface area contributed by atoms with E-state index in [1.807, 2.05) is 29.6 Å². The van der Waals surface area contributed by atoms with Crippen molar-refractivity contribution in [2.45, 2.75) is 31.8 Å². The number of carbonyl (C=O) groups is 1. The number of urea groups is 1. The second-order valence-electron chi connectivity index (χ2n) is 7.18. The number of carbonyl (C=O) groups excluding carboxylic acids is 1. The first-order chi connectivity index (χ1) is 12.1. The van der Waals surface area contributed by atoms with Crippen molar-refractivity contribution in [3.05, 3.63) is 28.8 Å². The highest BCUT2D eigenvalue weighted by atomic mass is 32.1. The van der Waals surface area contributed by atoms with Gasteiger partial charge >= 0.3 is 6.03 Å². The highest BCUT2D eigenvalue weighted by Gasteiger charge is 2.56. The Labute approximate surface area is 151 Å². The Morgan fingerprint density at radius 2 is 2.24 bits per heavy atom. The van der Waals surface area contributed by atoms with Crippen LogP contribution < -0.4 is 5.32 Å². The third kappa shape index (κ3) is 3.28. The van der Waals surface area contributed by atoms with E-state index in [4.69, 9.17) is 0 Å². The Morgan fingerprint density at radius 1 is 1.44 bits per heavy atom. The van der Waals surface area contributed by atoms with Crippen LogP contribution in [0.25, 0.3) is 0 Å². The summed E-state index contributed by atoms with van der Waals surface area (Å²) in [6.07, 6.45) is 6.97. The van der Waals surface area contributed by atoms with Gasteiger partial charge in [-0.05, 0) is 31.7 Å². The molecule has 8 heteroatoms. The minimum Gasteiger partial charge on any atom is -0.324 e. The Kier molecular flexibility index (Phi) is 4.24. The lowest BCUT2D eigenvalue weighted by Gasteiger charge is -2.34. The van der Waals surface area contributed by atoms with Gasteiger partial charge in [0.15, 0.2) is 0 Å². The molecule has 134 valence electrons. The van der Waals surface area contributed by atoms with Gasteiger partial charge in [0.05, 0.1) is 12.7 Å². The minimum absolute atomic E-state index is 0.0215. The molecule has 0 aromatic carbocycles. The first-order valence-corrected chi connectivity index (χ1v) is 9.58. The van der Waals surface area contributed by atoms with E-state index in [-0.39, 0.29) is 6.03 Å². The molecule has 2 aliphatic rings. The number of aromatic nitrogens is 3. The van der Waals surface area contributed by atoms with Crippen molar-refractivity contribution in [2.24, 2.45) is 12.5 Å². The number of likely N-dealkylation sites (tertiary alicyclic amines) is 1. The van der Waals surface area contributed by atoms with E-state index < -0.39 is 0 Å². The summed E-state index contributed by atoms with van der Waals surface area (Å²) in [6, 6.07) is 2.42. The number of aryl methyl sites for hydroxylation is 1. The number of thiazole rings is 1. The van der Waals surface area contributed by atoms with Crippen LogP contribution in [0.3, 0.4) is 0 Å². The van der Waals surface area contributed by atoms with E-state index in [1.54, 1.807) is 22.2 Å². The van der Waals surface area contributed by atoms with Crippen LogP contribution in [0.2, 0.25) is 0 Å². The van der Waals surface area contributed by atoms with Gasteiger partial charge in [0.25, 0.3) is 0 Å². The number of piperidine rings is 1. The van der Waals surface area contributed by atoms with E-state index in [0.717, 1.165) is 38.3 Å². The zero-order chi connectivity index (χ0) is 17.4. The summed E-state index contributed by atoms with van der Waals surface area (Å²) < 4.78 is 1.67. The maximum atomic E-state index is 12.4. The van der Waals surface area contributed by atoms with Crippen LogP contribution in [-0.4, -0.2) is 56.8 Å². The molecule has 0 bridgehead atoms. The molecule has 4 rings (SSSR count). The Bertz CT molecular complexity index is 734. The normalized spacial score (nSPS) is 21.7. The summed E-state index contributed by atoms with van der Waals surface area (Å²) in [6.45, 7) is 2.57. The monoisotopic (exact) mass is 360 g/mol. The second kappa shape index (κ2) is 6.42. The summed E-state index contributed by atoms with van der Waals surface area (Å²) in [5.74, 6) is 0.734. The van der Waals surface area contributed by atoms with Crippen molar-refractivity contribution >= 4 is 23.2 Å². The molecule has 2 aromatic heterocycles. The number of nitrogens with zero attached hydrogens (tertiary/aromatic N) is 5. The fourth-order valence-corrected chi connectivity index (χ4v) is 4.66. The average Bonchev–Trinajstić information content (AvgIpc) is 2.92. The van der Waals surface area contributed by atoms with E-state index in [2.05, 4.69) is 27.3 Å². The standard InChI is InChI=1S/C17H24N6OS/c1-21(12-15-18-7-10-25-15)13-11-17(13)4-8-23(9-5-17)16(24)20-14-3-6-19-22(14)2/h3,6-7,10,13H,4-5,8-9,11-12H2,1-2H3,(H,20,24). The molecule has 1 saturated carbocycles. The molecule has 1 spiro atoms. The number of nitrogens with one attached hydrogen (secondary N) is 1. The Balaban J connectivity index is 1.29.